The second kappa shape index (κ2) is 11.0. The summed E-state index contributed by atoms with van der Waals surface area (Å²) in [6, 6.07) is 8.25. The number of carbonyl (C=O) groups excluding carboxylic acids is 1. The normalized spacial score (nSPS) is 15.4. The zero-order chi connectivity index (χ0) is 24.1. The van der Waals surface area contributed by atoms with Crippen molar-refractivity contribution in [2.24, 2.45) is 11.8 Å². The first-order chi connectivity index (χ1) is 16.4. The van der Waals surface area contributed by atoms with Crippen LogP contribution in [0, 0.1) is 11.8 Å². The fraction of sp³-hybridized carbons (Fsp3) is 0.519. The SMILES string of the molecule is CC(C)CCN1CCC(C(=O)Cc2cc3cc(-c4cncc(NC(C)C)n4)ccc3nn2)CC1. The predicted molar refractivity (Wildman–Crippen MR) is 137 cm³/mol. The minimum Gasteiger partial charge on any atom is -0.367 e. The van der Waals surface area contributed by atoms with Crippen LogP contribution in [0.3, 0.4) is 0 Å². The Kier molecular flexibility index (Phi) is 7.83. The Bertz CT molecular complexity index is 1120. The van der Waals surface area contributed by atoms with Gasteiger partial charge < -0.3 is 10.2 Å². The lowest BCUT2D eigenvalue weighted by Crippen LogP contribution is -2.37. The van der Waals surface area contributed by atoms with E-state index in [-0.39, 0.29) is 17.7 Å². The largest absolute Gasteiger partial charge is 0.367 e. The van der Waals surface area contributed by atoms with Gasteiger partial charge in [-0.3, -0.25) is 9.78 Å². The molecule has 1 aromatic carbocycles. The van der Waals surface area contributed by atoms with Crippen molar-refractivity contribution in [3.63, 3.8) is 0 Å². The van der Waals surface area contributed by atoms with Crippen LogP contribution in [0.4, 0.5) is 5.82 Å². The molecular weight excluding hydrogens is 424 g/mol. The smallest absolute Gasteiger partial charge is 0.145 e. The number of fused-ring (bicyclic) bond motifs is 1. The Hall–Kier alpha value is -2.93. The lowest BCUT2D eigenvalue weighted by molar-refractivity contribution is -0.123. The van der Waals surface area contributed by atoms with Crippen LogP contribution in [0.1, 0.15) is 52.7 Å². The van der Waals surface area contributed by atoms with Crippen LogP contribution in [-0.4, -0.2) is 56.5 Å². The summed E-state index contributed by atoms with van der Waals surface area (Å²) in [6.07, 6.45) is 6.95. The van der Waals surface area contributed by atoms with Crippen LogP contribution in [0.2, 0.25) is 0 Å². The second-order valence-electron chi connectivity index (χ2n) is 10.1. The molecule has 0 radical (unpaired) electrons. The molecule has 3 heterocycles. The van der Waals surface area contributed by atoms with Crippen LogP contribution >= 0.6 is 0 Å². The Morgan fingerprint density at radius 1 is 1.09 bits per heavy atom. The number of aromatic nitrogens is 4. The number of Topliss-reactive ketones (excluding diaryl/α,β-unsaturated/α-hetero) is 1. The van der Waals surface area contributed by atoms with Crippen molar-refractivity contribution < 1.29 is 4.79 Å². The van der Waals surface area contributed by atoms with Crippen molar-refractivity contribution >= 4 is 22.5 Å². The maximum absolute atomic E-state index is 13.0. The number of likely N-dealkylation sites (tertiary alicyclic amines) is 1. The van der Waals surface area contributed by atoms with Crippen molar-refractivity contribution in [2.45, 2.75) is 59.4 Å². The number of rotatable bonds is 9. The summed E-state index contributed by atoms with van der Waals surface area (Å²) < 4.78 is 0. The molecule has 0 bridgehead atoms. The van der Waals surface area contributed by atoms with Gasteiger partial charge in [-0.2, -0.15) is 10.2 Å². The highest BCUT2D eigenvalue weighted by molar-refractivity contribution is 5.86. The number of hydrogen-bond donors (Lipinski definition) is 1. The lowest BCUT2D eigenvalue weighted by atomic mass is 9.90. The van der Waals surface area contributed by atoms with Gasteiger partial charge in [0.1, 0.15) is 11.6 Å². The molecule has 0 amide bonds. The third kappa shape index (κ3) is 6.35. The number of ketones is 1. The van der Waals surface area contributed by atoms with Gasteiger partial charge in [-0.05, 0) is 76.9 Å². The highest BCUT2D eigenvalue weighted by Gasteiger charge is 2.25. The minimum atomic E-state index is 0.130. The second-order valence-corrected chi connectivity index (χ2v) is 10.1. The first kappa shape index (κ1) is 24.2. The van der Waals surface area contributed by atoms with Gasteiger partial charge in [0.15, 0.2) is 0 Å². The molecule has 0 saturated carbocycles. The summed E-state index contributed by atoms with van der Waals surface area (Å²) in [6.45, 7) is 11.8. The molecule has 0 spiro atoms. The molecule has 1 aliphatic heterocycles. The van der Waals surface area contributed by atoms with E-state index in [2.05, 4.69) is 58.1 Å². The van der Waals surface area contributed by atoms with Crippen LogP contribution in [0.15, 0.2) is 36.7 Å². The molecule has 1 fully saturated rings. The fourth-order valence-corrected chi connectivity index (χ4v) is 4.45. The van der Waals surface area contributed by atoms with Gasteiger partial charge in [0, 0.05) is 22.9 Å². The molecule has 0 unspecified atom stereocenters. The first-order valence-corrected chi connectivity index (χ1v) is 12.5. The number of hydrogen-bond acceptors (Lipinski definition) is 7. The van der Waals surface area contributed by atoms with E-state index < -0.39 is 0 Å². The summed E-state index contributed by atoms with van der Waals surface area (Å²) in [7, 11) is 0. The zero-order valence-corrected chi connectivity index (χ0v) is 20.8. The van der Waals surface area contributed by atoms with Gasteiger partial charge in [0.2, 0.25) is 0 Å². The Morgan fingerprint density at radius 2 is 1.88 bits per heavy atom. The molecule has 7 heteroatoms. The van der Waals surface area contributed by atoms with Crippen LogP contribution < -0.4 is 5.32 Å². The van der Waals surface area contributed by atoms with Gasteiger partial charge in [0.25, 0.3) is 0 Å². The maximum Gasteiger partial charge on any atom is 0.145 e. The van der Waals surface area contributed by atoms with Crippen molar-refractivity contribution in [3.8, 4) is 11.3 Å². The Labute approximate surface area is 202 Å². The molecule has 1 aliphatic rings. The van der Waals surface area contributed by atoms with Crippen molar-refractivity contribution in [3.05, 3.63) is 42.4 Å². The van der Waals surface area contributed by atoms with Crippen molar-refractivity contribution in [2.75, 3.05) is 25.0 Å². The van der Waals surface area contributed by atoms with E-state index in [1.54, 1.807) is 12.4 Å². The molecule has 7 nitrogen and oxygen atoms in total. The van der Waals surface area contributed by atoms with E-state index >= 15 is 0 Å². The monoisotopic (exact) mass is 460 g/mol. The van der Waals surface area contributed by atoms with Gasteiger partial charge in [-0.25, -0.2) is 4.98 Å². The summed E-state index contributed by atoms with van der Waals surface area (Å²) >= 11 is 0. The standard InChI is InChI=1S/C27H36N6O/c1-18(2)7-10-33-11-8-20(9-12-33)26(34)15-23-14-22-13-21(5-6-24(22)32-31-23)25-16-28-17-27(30-25)29-19(3)4/h5-6,13-14,16-20H,7-12,15H2,1-4H3,(H,29,30). The highest BCUT2D eigenvalue weighted by atomic mass is 16.1. The van der Waals surface area contributed by atoms with Gasteiger partial charge >= 0.3 is 0 Å². The van der Waals surface area contributed by atoms with Crippen LogP contribution in [0.25, 0.3) is 22.2 Å². The Morgan fingerprint density at radius 3 is 2.62 bits per heavy atom. The zero-order valence-electron chi connectivity index (χ0n) is 20.8. The van der Waals surface area contributed by atoms with Gasteiger partial charge in [0.05, 0.1) is 35.7 Å². The van der Waals surface area contributed by atoms with E-state index in [0.717, 1.165) is 72.1 Å². The average molecular weight is 461 g/mol. The molecule has 0 aliphatic carbocycles. The van der Waals surface area contributed by atoms with Crippen molar-refractivity contribution in [1.29, 1.82) is 0 Å². The number of nitrogens with one attached hydrogen (secondary N) is 1. The third-order valence-corrected chi connectivity index (χ3v) is 6.42. The van der Waals surface area contributed by atoms with Crippen LogP contribution in [0.5, 0.6) is 0 Å². The molecule has 3 aromatic rings. The number of anilines is 1. The molecule has 34 heavy (non-hydrogen) atoms. The number of benzene rings is 1. The number of nitrogens with zero attached hydrogens (tertiary/aromatic N) is 5. The molecule has 1 N–H and O–H groups in total. The summed E-state index contributed by atoms with van der Waals surface area (Å²) in [5.74, 6) is 1.89. The molecule has 1 saturated heterocycles. The third-order valence-electron chi connectivity index (χ3n) is 6.42. The fourth-order valence-electron chi connectivity index (χ4n) is 4.45. The maximum atomic E-state index is 13.0. The van der Waals surface area contributed by atoms with Gasteiger partial charge in [-0.15, -0.1) is 0 Å². The Balaban J connectivity index is 1.43. The summed E-state index contributed by atoms with van der Waals surface area (Å²) in [4.78, 5) is 24.5. The van der Waals surface area contributed by atoms with Crippen molar-refractivity contribution in [1.82, 2.24) is 25.1 Å². The average Bonchev–Trinajstić information content (AvgIpc) is 2.82. The van der Waals surface area contributed by atoms with Gasteiger partial charge in [-0.1, -0.05) is 19.9 Å². The molecular formula is C27H36N6O. The van der Waals surface area contributed by atoms with Crippen LogP contribution in [-0.2, 0) is 11.2 Å². The summed E-state index contributed by atoms with van der Waals surface area (Å²) in [5, 5.41) is 13.0. The molecule has 180 valence electrons. The van der Waals surface area contributed by atoms with E-state index in [4.69, 9.17) is 0 Å². The predicted octanol–water partition coefficient (Wildman–Crippen LogP) is 4.78. The van der Waals surface area contributed by atoms with E-state index in [9.17, 15) is 4.79 Å². The summed E-state index contributed by atoms with van der Waals surface area (Å²) in [5.41, 5.74) is 3.30. The molecule has 0 atom stereocenters. The number of piperidine rings is 1. The molecule has 4 rings (SSSR count). The highest BCUT2D eigenvalue weighted by Crippen LogP contribution is 2.24. The lowest BCUT2D eigenvalue weighted by Gasteiger charge is -2.31. The minimum absolute atomic E-state index is 0.130. The number of carbonyl (C=O) groups is 1. The molecule has 2 aromatic heterocycles. The topological polar surface area (TPSA) is 83.9 Å². The van der Waals surface area contributed by atoms with E-state index in [1.807, 2.05) is 24.3 Å². The van der Waals surface area contributed by atoms with E-state index in [1.165, 1.54) is 6.42 Å². The first-order valence-electron chi connectivity index (χ1n) is 12.5. The quantitative estimate of drug-likeness (QED) is 0.492. The van der Waals surface area contributed by atoms with E-state index in [0.29, 0.717) is 6.42 Å².